The van der Waals surface area contributed by atoms with Crippen molar-refractivity contribution in [1.82, 2.24) is 0 Å². The maximum atomic E-state index is 14.1. The van der Waals surface area contributed by atoms with E-state index < -0.39 is 84.2 Å². The fourth-order valence-electron chi connectivity index (χ4n) is 12.1. The Morgan fingerprint density at radius 2 is 1.58 bits per heavy atom. The Bertz CT molecular complexity index is 1800. The Morgan fingerprint density at radius 3 is 2.26 bits per heavy atom. The highest BCUT2D eigenvalue weighted by molar-refractivity contribution is 5.89. The molecular formula is C47H68O15. The smallest absolute Gasteiger partial charge is 0.338 e. The van der Waals surface area contributed by atoms with Crippen LogP contribution in [0.3, 0.4) is 0 Å². The minimum absolute atomic E-state index is 0.0418. The Hall–Kier alpha value is -2.99. The van der Waals surface area contributed by atoms with Crippen LogP contribution in [0.4, 0.5) is 0 Å². The first-order chi connectivity index (χ1) is 29.3. The Kier molecular flexibility index (Phi) is 14.0. The predicted molar refractivity (Wildman–Crippen MR) is 221 cm³/mol. The number of aliphatic hydroxyl groups excluding tert-OH is 4. The molecule has 2 heterocycles. The van der Waals surface area contributed by atoms with E-state index in [0.29, 0.717) is 43.8 Å². The average Bonchev–Trinajstić information content (AvgIpc) is 3.47. The molecule has 6 aliphatic rings. The number of ether oxygens (including phenoxy) is 7. The highest BCUT2D eigenvalue weighted by atomic mass is 16.7. The molecule has 2 saturated heterocycles. The number of Topliss-reactive ketones (excluding diaryl/α,β-unsaturated/α-hetero) is 1. The zero-order valence-electron chi connectivity index (χ0n) is 37.1. The molecule has 3 saturated carbocycles. The first kappa shape index (κ1) is 47.0. The van der Waals surface area contributed by atoms with Crippen molar-refractivity contribution in [1.29, 1.82) is 0 Å². The molecule has 0 radical (unpaired) electrons. The third-order valence-corrected chi connectivity index (χ3v) is 15.8. The van der Waals surface area contributed by atoms with Crippen LogP contribution in [0.25, 0.3) is 0 Å². The van der Waals surface area contributed by atoms with Gasteiger partial charge in [-0.25, -0.2) is 4.79 Å². The lowest BCUT2D eigenvalue weighted by atomic mass is 9.46. The molecule has 346 valence electrons. The molecule has 17 atom stereocenters. The second-order valence-electron chi connectivity index (χ2n) is 19.7. The summed E-state index contributed by atoms with van der Waals surface area (Å²) in [5, 5.41) is 58.5. The van der Waals surface area contributed by atoms with Gasteiger partial charge in [-0.05, 0) is 105 Å². The van der Waals surface area contributed by atoms with E-state index in [9.17, 15) is 39.9 Å². The summed E-state index contributed by atoms with van der Waals surface area (Å²) in [5.74, 6) is -1.18. The fourth-order valence-corrected chi connectivity index (χ4v) is 12.1. The van der Waals surface area contributed by atoms with E-state index in [1.165, 1.54) is 24.8 Å². The van der Waals surface area contributed by atoms with Gasteiger partial charge >= 0.3 is 11.9 Å². The van der Waals surface area contributed by atoms with Gasteiger partial charge in [0, 0.05) is 24.7 Å². The third-order valence-electron chi connectivity index (χ3n) is 15.8. The first-order valence-electron chi connectivity index (χ1n) is 22.6. The lowest BCUT2D eigenvalue weighted by Crippen LogP contribution is -2.64. The van der Waals surface area contributed by atoms with Crippen molar-refractivity contribution >= 4 is 17.7 Å². The minimum Gasteiger partial charge on any atom is -0.497 e. The SMILES string of the molecule is COc1ccc(C(=O)OC2C(OC3C(O)COC(O[C@H]4C[C@H]5[C@@H]6CC=C7C[C@@H](O)CC[C@]7(C)C6CC[C@]5(C)[C@@]4(O)[C@H](C)C(=O)CCC(C)C)C3O)OCC(OC(C)=O)C2O)cc1. The van der Waals surface area contributed by atoms with Gasteiger partial charge in [0.1, 0.15) is 41.5 Å². The van der Waals surface area contributed by atoms with Crippen molar-refractivity contribution in [2.75, 3.05) is 20.3 Å². The third kappa shape index (κ3) is 8.62. The van der Waals surface area contributed by atoms with Gasteiger partial charge in [0.15, 0.2) is 24.8 Å². The summed E-state index contributed by atoms with van der Waals surface area (Å²) in [7, 11) is 1.48. The van der Waals surface area contributed by atoms with Crippen LogP contribution in [0.1, 0.15) is 110 Å². The molecule has 62 heavy (non-hydrogen) atoms. The second-order valence-corrected chi connectivity index (χ2v) is 19.7. The molecule has 4 aliphatic carbocycles. The highest BCUT2D eigenvalue weighted by Crippen LogP contribution is 2.69. The standard InChI is InChI=1S/C47H68O15/c1-24(2)8-15-34(50)25(3)47(55)37(21-33-31-14-11-28-20-29(49)16-18-45(28,5)32(31)17-19-46(33,47)6)60-43-39(53)40(35(51)22-57-43)62-44-41(38(52)36(23-58-44)59-26(4)48)61-42(54)27-9-12-30(56-7)13-10-27/h9-13,24-25,29,31-33,35-41,43-44,49,51-53,55H,8,14-23H2,1-7H3/t25-,29+,31-,32?,33+,35?,36?,37+,38?,39?,40?,41?,43?,44?,45+,46+,47-/m1/s1. The Morgan fingerprint density at radius 1 is 0.871 bits per heavy atom. The van der Waals surface area contributed by atoms with E-state index >= 15 is 0 Å². The van der Waals surface area contributed by atoms with Crippen LogP contribution in [-0.4, -0.2) is 131 Å². The van der Waals surface area contributed by atoms with E-state index in [1.54, 1.807) is 19.1 Å². The van der Waals surface area contributed by atoms with Gasteiger partial charge in [-0.1, -0.05) is 46.3 Å². The molecule has 0 spiro atoms. The summed E-state index contributed by atoms with van der Waals surface area (Å²) >= 11 is 0. The molecular weight excluding hydrogens is 805 g/mol. The summed E-state index contributed by atoms with van der Waals surface area (Å²) in [5.41, 5.74) is -1.03. The van der Waals surface area contributed by atoms with Crippen LogP contribution in [0.15, 0.2) is 35.9 Å². The lowest BCUT2D eigenvalue weighted by Gasteiger charge is -2.59. The molecule has 7 rings (SSSR count). The van der Waals surface area contributed by atoms with Crippen LogP contribution in [0, 0.1) is 40.4 Å². The van der Waals surface area contributed by atoms with E-state index in [2.05, 4.69) is 33.8 Å². The number of benzene rings is 1. The van der Waals surface area contributed by atoms with E-state index in [1.807, 2.05) is 0 Å². The second kappa shape index (κ2) is 18.5. The van der Waals surface area contributed by atoms with Gasteiger partial charge in [-0.3, -0.25) is 9.59 Å². The number of aliphatic hydroxyl groups is 5. The van der Waals surface area contributed by atoms with Gasteiger partial charge in [0.05, 0.1) is 38.1 Å². The first-order valence-corrected chi connectivity index (χ1v) is 22.6. The summed E-state index contributed by atoms with van der Waals surface area (Å²) in [4.78, 5) is 39.3. The van der Waals surface area contributed by atoms with Crippen LogP contribution >= 0.6 is 0 Å². The molecule has 15 heteroatoms. The number of hydrogen-bond donors (Lipinski definition) is 5. The Labute approximate surface area is 364 Å². The van der Waals surface area contributed by atoms with Gasteiger partial charge in [-0.2, -0.15) is 0 Å². The summed E-state index contributed by atoms with van der Waals surface area (Å²) in [6.45, 7) is 10.8. The molecule has 15 nitrogen and oxygen atoms in total. The number of ketones is 1. The van der Waals surface area contributed by atoms with Crippen LogP contribution in [-0.2, 0) is 38.0 Å². The number of rotatable bonds is 13. The number of methoxy groups -OCH3 is 1. The molecule has 9 unspecified atom stereocenters. The zero-order valence-corrected chi connectivity index (χ0v) is 37.1. The highest BCUT2D eigenvalue weighted by Gasteiger charge is 2.70. The number of hydrogen-bond acceptors (Lipinski definition) is 15. The van der Waals surface area contributed by atoms with Crippen molar-refractivity contribution in [3.8, 4) is 5.75 Å². The van der Waals surface area contributed by atoms with Gasteiger partial charge in [-0.15, -0.1) is 0 Å². The molecule has 0 amide bonds. The van der Waals surface area contributed by atoms with Gasteiger partial charge in [0.2, 0.25) is 0 Å². The number of esters is 2. The average molecular weight is 873 g/mol. The normalized spacial score (nSPS) is 42.1. The monoisotopic (exact) mass is 872 g/mol. The minimum atomic E-state index is -1.68. The van der Waals surface area contributed by atoms with Crippen molar-refractivity contribution in [2.24, 2.45) is 40.4 Å². The van der Waals surface area contributed by atoms with Crippen molar-refractivity contribution in [2.45, 2.75) is 166 Å². The number of carbonyl (C=O) groups is 3. The van der Waals surface area contributed by atoms with Gasteiger partial charge < -0.3 is 58.7 Å². The summed E-state index contributed by atoms with van der Waals surface area (Å²) in [6.07, 6.45) is -5.03. The molecule has 0 bridgehead atoms. The maximum Gasteiger partial charge on any atom is 0.338 e. The van der Waals surface area contributed by atoms with Crippen molar-refractivity contribution in [3.05, 3.63) is 41.5 Å². The van der Waals surface area contributed by atoms with Crippen molar-refractivity contribution in [3.63, 3.8) is 0 Å². The number of fused-ring (bicyclic) bond motifs is 5. The van der Waals surface area contributed by atoms with E-state index in [4.69, 9.17) is 33.2 Å². The molecule has 1 aromatic rings. The maximum absolute atomic E-state index is 14.1. The van der Waals surface area contributed by atoms with E-state index in [-0.39, 0.29) is 53.8 Å². The van der Waals surface area contributed by atoms with Crippen molar-refractivity contribution < 1.29 is 73.1 Å². The number of carbonyl (C=O) groups excluding carboxylic acids is 3. The fraction of sp³-hybridized carbons (Fsp3) is 0.766. The Balaban J connectivity index is 1.14. The quantitative estimate of drug-likeness (QED) is 0.140. The van der Waals surface area contributed by atoms with Crippen LogP contribution < -0.4 is 4.74 Å². The number of allylic oxidation sites excluding steroid dienone is 1. The summed E-state index contributed by atoms with van der Waals surface area (Å²) < 4.78 is 40.9. The van der Waals surface area contributed by atoms with Crippen LogP contribution in [0.2, 0.25) is 0 Å². The predicted octanol–water partition coefficient (Wildman–Crippen LogP) is 4.02. The molecule has 2 aliphatic heterocycles. The lowest BCUT2D eigenvalue weighted by molar-refractivity contribution is -0.344. The molecule has 5 N–H and O–H groups in total. The molecule has 1 aromatic carbocycles. The summed E-state index contributed by atoms with van der Waals surface area (Å²) in [6, 6.07) is 6.05. The topological polar surface area (TPSA) is 217 Å². The van der Waals surface area contributed by atoms with Crippen LogP contribution in [0.5, 0.6) is 5.75 Å². The molecule has 0 aromatic heterocycles. The van der Waals surface area contributed by atoms with E-state index in [0.717, 1.165) is 32.6 Å². The van der Waals surface area contributed by atoms with Gasteiger partial charge in [0.25, 0.3) is 0 Å². The zero-order chi connectivity index (χ0) is 44.9. The molecule has 5 fully saturated rings. The largest absolute Gasteiger partial charge is 0.497 e.